The van der Waals surface area contributed by atoms with Crippen LogP contribution in [0.4, 0.5) is 0 Å². The molecule has 0 amide bonds. The van der Waals surface area contributed by atoms with E-state index in [4.69, 9.17) is 4.74 Å². The lowest BCUT2D eigenvalue weighted by Crippen LogP contribution is -2.29. The van der Waals surface area contributed by atoms with Crippen molar-refractivity contribution in [2.75, 3.05) is 14.2 Å². The smallest absolute Gasteiger partial charge is 0.122 e. The van der Waals surface area contributed by atoms with Gasteiger partial charge in [0, 0.05) is 18.8 Å². The number of nitrogens with one attached hydrogen (secondary N) is 1. The van der Waals surface area contributed by atoms with E-state index >= 15 is 0 Å². The van der Waals surface area contributed by atoms with Crippen LogP contribution in [0, 0.1) is 0 Å². The number of likely N-dealkylation sites (N-methyl/N-ethyl adjacent to an activating group) is 1. The van der Waals surface area contributed by atoms with Crippen LogP contribution in [0.25, 0.3) is 0 Å². The molecular formula is C16H23N3O. The molecule has 1 heterocycles. The molecule has 0 bridgehead atoms. The van der Waals surface area contributed by atoms with Crippen molar-refractivity contribution in [3.05, 3.63) is 47.8 Å². The number of aromatic nitrogens is 2. The van der Waals surface area contributed by atoms with Crippen molar-refractivity contribution < 1.29 is 4.74 Å². The summed E-state index contributed by atoms with van der Waals surface area (Å²) in [6, 6.07) is 8.57. The van der Waals surface area contributed by atoms with Gasteiger partial charge in [-0.15, -0.1) is 0 Å². The summed E-state index contributed by atoms with van der Waals surface area (Å²) in [5.41, 5.74) is 2.50. The van der Waals surface area contributed by atoms with E-state index in [0.717, 1.165) is 25.1 Å². The Kier molecular flexibility index (Phi) is 5.18. The Hall–Kier alpha value is -1.81. The topological polar surface area (TPSA) is 39.1 Å². The maximum absolute atomic E-state index is 5.42. The average Bonchev–Trinajstić information content (AvgIpc) is 2.94. The van der Waals surface area contributed by atoms with E-state index in [2.05, 4.69) is 35.7 Å². The predicted molar refractivity (Wildman–Crippen MR) is 81.2 cm³/mol. The summed E-state index contributed by atoms with van der Waals surface area (Å²) >= 11 is 0. The first kappa shape index (κ1) is 14.6. The Bertz CT molecular complexity index is 536. The normalized spacial score (nSPS) is 12.3. The number of nitrogens with zero attached hydrogens (tertiary/aromatic N) is 2. The van der Waals surface area contributed by atoms with Crippen LogP contribution >= 0.6 is 0 Å². The van der Waals surface area contributed by atoms with Crippen LogP contribution in [0.3, 0.4) is 0 Å². The third-order valence-corrected chi connectivity index (χ3v) is 3.56. The third-order valence-electron chi connectivity index (χ3n) is 3.56. The van der Waals surface area contributed by atoms with Crippen molar-refractivity contribution in [2.45, 2.75) is 32.4 Å². The van der Waals surface area contributed by atoms with E-state index < -0.39 is 0 Å². The minimum absolute atomic E-state index is 0.376. The Labute approximate surface area is 120 Å². The first-order valence-corrected chi connectivity index (χ1v) is 7.07. The summed E-state index contributed by atoms with van der Waals surface area (Å²) < 4.78 is 7.38. The van der Waals surface area contributed by atoms with Crippen LogP contribution in [-0.4, -0.2) is 30.0 Å². The molecule has 4 heteroatoms. The van der Waals surface area contributed by atoms with Crippen molar-refractivity contribution in [3.8, 4) is 5.75 Å². The molecule has 108 valence electrons. The summed E-state index contributed by atoms with van der Waals surface area (Å²) in [5.74, 6) is 0.956. The van der Waals surface area contributed by atoms with Gasteiger partial charge in [0.1, 0.15) is 5.75 Å². The van der Waals surface area contributed by atoms with Crippen LogP contribution in [-0.2, 0) is 19.4 Å². The van der Waals surface area contributed by atoms with Crippen molar-refractivity contribution >= 4 is 0 Å². The van der Waals surface area contributed by atoms with Gasteiger partial charge in [-0.2, -0.15) is 5.10 Å². The van der Waals surface area contributed by atoms with Gasteiger partial charge in [-0.1, -0.05) is 18.2 Å². The summed E-state index contributed by atoms with van der Waals surface area (Å²) in [4.78, 5) is 0. The molecule has 0 spiro atoms. The maximum Gasteiger partial charge on any atom is 0.122 e. The van der Waals surface area contributed by atoms with Gasteiger partial charge in [0.15, 0.2) is 0 Å². The highest BCUT2D eigenvalue weighted by molar-refractivity contribution is 5.34. The fourth-order valence-electron chi connectivity index (χ4n) is 2.38. The summed E-state index contributed by atoms with van der Waals surface area (Å²) in [6.07, 6.45) is 5.98. The Balaban J connectivity index is 2.05. The van der Waals surface area contributed by atoms with E-state index in [-0.39, 0.29) is 0 Å². The summed E-state index contributed by atoms with van der Waals surface area (Å²) in [7, 11) is 3.73. The average molecular weight is 273 g/mol. The molecule has 0 aliphatic rings. The zero-order chi connectivity index (χ0) is 14.4. The fraction of sp³-hybridized carbons (Fsp3) is 0.438. The molecule has 1 aromatic heterocycles. The lowest BCUT2D eigenvalue weighted by atomic mass is 10.00. The van der Waals surface area contributed by atoms with Crippen LogP contribution in [0.15, 0.2) is 36.7 Å². The van der Waals surface area contributed by atoms with Crippen LogP contribution in [0.5, 0.6) is 5.75 Å². The molecule has 0 fully saturated rings. The molecule has 0 radical (unpaired) electrons. The van der Waals surface area contributed by atoms with Crippen LogP contribution in [0.2, 0.25) is 0 Å². The number of aryl methyl sites for hydroxylation is 1. The van der Waals surface area contributed by atoms with Gasteiger partial charge in [0.25, 0.3) is 0 Å². The van der Waals surface area contributed by atoms with Crippen molar-refractivity contribution in [2.24, 2.45) is 0 Å². The first-order chi connectivity index (χ1) is 9.76. The van der Waals surface area contributed by atoms with Crippen LogP contribution < -0.4 is 10.1 Å². The fourth-order valence-corrected chi connectivity index (χ4v) is 2.38. The van der Waals surface area contributed by atoms with Gasteiger partial charge in [0.05, 0.1) is 13.3 Å². The van der Waals surface area contributed by atoms with Gasteiger partial charge < -0.3 is 10.1 Å². The molecule has 4 nitrogen and oxygen atoms in total. The number of ether oxygens (including phenoxy) is 1. The lowest BCUT2D eigenvalue weighted by Gasteiger charge is -2.17. The van der Waals surface area contributed by atoms with E-state index in [9.17, 15) is 0 Å². The molecule has 0 saturated carbocycles. The molecule has 1 N–H and O–H groups in total. The molecule has 20 heavy (non-hydrogen) atoms. The number of hydrogen-bond acceptors (Lipinski definition) is 3. The Morgan fingerprint density at radius 2 is 2.10 bits per heavy atom. The molecule has 0 aliphatic heterocycles. The molecule has 1 atom stereocenters. The zero-order valence-corrected chi connectivity index (χ0v) is 12.5. The molecule has 0 aliphatic carbocycles. The zero-order valence-electron chi connectivity index (χ0n) is 12.5. The minimum atomic E-state index is 0.376. The molecule has 0 saturated heterocycles. The van der Waals surface area contributed by atoms with Gasteiger partial charge in [-0.05, 0) is 44.0 Å². The predicted octanol–water partition coefficient (Wildman–Crippen LogP) is 2.28. The minimum Gasteiger partial charge on any atom is -0.496 e. The molecule has 1 unspecified atom stereocenters. The number of rotatable bonds is 7. The second kappa shape index (κ2) is 7.10. The highest BCUT2D eigenvalue weighted by Gasteiger charge is 2.12. The highest BCUT2D eigenvalue weighted by atomic mass is 16.5. The van der Waals surface area contributed by atoms with E-state index in [0.29, 0.717) is 6.04 Å². The van der Waals surface area contributed by atoms with Crippen molar-refractivity contribution in [3.63, 3.8) is 0 Å². The van der Waals surface area contributed by atoms with Gasteiger partial charge in [-0.25, -0.2) is 0 Å². The van der Waals surface area contributed by atoms with E-state index in [1.165, 1.54) is 11.1 Å². The Morgan fingerprint density at radius 1 is 1.30 bits per heavy atom. The van der Waals surface area contributed by atoms with Crippen molar-refractivity contribution in [1.29, 1.82) is 0 Å². The lowest BCUT2D eigenvalue weighted by molar-refractivity contribution is 0.406. The van der Waals surface area contributed by atoms with Gasteiger partial charge in [0.2, 0.25) is 0 Å². The second-order valence-electron chi connectivity index (χ2n) is 4.91. The van der Waals surface area contributed by atoms with E-state index in [1.807, 2.05) is 30.1 Å². The molecule has 2 rings (SSSR count). The van der Waals surface area contributed by atoms with Gasteiger partial charge in [-0.3, -0.25) is 4.68 Å². The highest BCUT2D eigenvalue weighted by Crippen LogP contribution is 2.20. The third kappa shape index (κ3) is 3.61. The monoisotopic (exact) mass is 273 g/mol. The van der Waals surface area contributed by atoms with Crippen LogP contribution in [0.1, 0.15) is 18.1 Å². The standard InChI is InChI=1S/C16H23N3O/c1-4-19-12-13(11-18-19)9-15(17-2)10-14-7-5-6-8-16(14)20-3/h5-8,11-12,15,17H,4,9-10H2,1-3H3. The maximum atomic E-state index is 5.42. The Morgan fingerprint density at radius 3 is 2.75 bits per heavy atom. The quantitative estimate of drug-likeness (QED) is 0.841. The van der Waals surface area contributed by atoms with Gasteiger partial charge >= 0.3 is 0 Å². The number of benzene rings is 1. The SMILES string of the molecule is CCn1cc(CC(Cc2ccccc2OC)NC)cn1. The van der Waals surface area contributed by atoms with Crippen molar-refractivity contribution in [1.82, 2.24) is 15.1 Å². The summed E-state index contributed by atoms with van der Waals surface area (Å²) in [6.45, 7) is 3.01. The first-order valence-electron chi connectivity index (χ1n) is 7.07. The molecule has 1 aromatic carbocycles. The number of hydrogen-bond donors (Lipinski definition) is 1. The summed E-state index contributed by atoms with van der Waals surface area (Å²) in [5, 5.41) is 7.71. The molecular weight excluding hydrogens is 250 g/mol. The van der Waals surface area contributed by atoms with E-state index in [1.54, 1.807) is 7.11 Å². The largest absolute Gasteiger partial charge is 0.496 e. The number of methoxy groups -OCH3 is 1. The number of para-hydroxylation sites is 1. The second-order valence-corrected chi connectivity index (χ2v) is 4.91. The molecule has 2 aromatic rings.